The van der Waals surface area contributed by atoms with Gasteiger partial charge in [0.2, 0.25) is 0 Å². The lowest BCUT2D eigenvalue weighted by Gasteiger charge is -2.30. The minimum absolute atomic E-state index is 0.0448. The smallest absolute Gasteiger partial charge is 0.161 e. The molecule has 2 aromatic heterocycles. The number of pyridine rings is 1. The summed E-state index contributed by atoms with van der Waals surface area (Å²) in [5, 5.41) is 10.3. The van der Waals surface area contributed by atoms with Crippen LogP contribution in [0.15, 0.2) is 49.7 Å². The first-order chi connectivity index (χ1) is 18.4. The van der Waals surface area contributed by atoms with Crippen LogP contribution < -0.4 is 5.73 Å². The number of nitrogens with two attached hydrogens (primary N) is 1. The zero-order valence-corrected chi connectivity index (χ0v) is 25.4. The number of aryl methyl sites for hydroxylation is 2. The maximum atomic E-state index is 13.5. The van der Waals surface area contributed by atoms with Crippen LogP contribution in [0.25, 0.3) is 11.3 Å². The summed E-state index contributed by atoms with van der Waals surface area (Å²) < 4.78 is 0. The first-order valence-electron chi connectivity index (χ1n) is 13.4. The van der Waals surface area contributed by atoms with Gasteiger partial charge in [-0.2, -0.15) is 0 Å². The van der Waals surface area contributed by atoms with Gasteiger partial charge in [0.15, 0.2) is 5.82 Å². The molecule has 0 saturated carbocycles. The van der Waals surface area contributed by atoms with E-state index in [9.17, 15) is 9.90 Å². The number of anilines is 1. The molecule has 0 aliphatic heterocycles. The summed E-state index contributed by atoms with van der Waals surface area (Å²) in [6.45, 7) is 23.4. The Hall–Kier alpha value is -3.51. The second kappa shape index (κ2) is 15.2. The number of nitrogen functional groups attached to an aromatic ring is 1. The highest BCUT2D eigenvalue weighted by molar-refractivity contribution is 6.30. The normalized spacial score (nSPS) is 11.7. The Labute approximate surface area is 239 Å². The molecule has 3 N–H and O–H groups in total. The van der Waals surface area contributed by atoms with Gasteiger partial charge in [0.05, 0.1) is 11.1 Å². The lowest BCUT2D eigenvalue weighted by Crippen LogP contribution is -2.37. The van der Waals surface area contributed by atoms with Gasteiger partial charge in [-0.25, -0.2) is 9.97 Å². The van der Waals surface area contributed by atoms with Crippen molar-refractivity contribution in [2.24, 2.45) is 0 Å². The average Bonchev–Trinajstić information content (AvgIpc) is 2.89. The van der Waals surface area contributed by atoms with Crippen molar-refractivity contribution in [2.75, 3.05) is 5.73 Å². The zero-order valence-electron chi connectivity index (χ0n) is 24.7. The Morgan fingerprint density at radius 3 is 2.15 bits per heavy atom. The number of rotatable bonds is 8. The second-order valence-corrected chi connectivity index (χ2v) is 9.65. The Morgan fingerprint density at radius 1 is 1.08 bits per heavy atom. The highest BCUT2D eigenvalue weighted by Crippen LogP contribution is 2.38. The summed E-state index contributed by atoms with van der Waals surface area (Å²) >= 11 is 6.09. The predicted octanol–water partition coefficient (Wildman–Crippen LogP) is 8.43. The molecule has 1 aromatic carbocycles. The minimum Gasteiger partial charge on any atom is -0.508 e. The Morgan fingerprint density at radius 2 is 1.69 bits per heavy atom. The first kappa shape index (κ1) is 33.5. The number of aliphatic hydroxyl groups excluding tert-OH is 1. The van der Waals surface area contributed by atoms with Crippen molar-refractivity contribution in [1.29, 1.82) is 0 Å². The zero-order chi connectivity index (χ0) is 29.9. The van der Waals surface area contributed by atoms with Crippen molar-refractivity contribution >= 4 is 34.5 Å². The van der Waals surface area contributed by atoms with E-state index in [1.165, 1.54) is 12.6 Å². The first-order valence-corrected chi connectivity index (χ1v) is 13.8. The van der Waals surface area contributed by atoms with E-state index in [1.807, 2.05) is 39.8 Å². The summed E-state index contributed by atoms with van der Waals surface area (Å²) in [4.78, 5) is 27.2. The van der Waals surface area contributed by atoms with Gasteiger partial charge in [-0.15, -0.1) is 0 Å². The molecule has 0 fully saturated rings. The lowest BCUT2D eigenvalue weighted by atomic mass is 9.73. The Bertz CT molecular complexity index is 1280. The Kier molecular flexibility index (Phi) is 13.0. The summed E-state index contributed by atoms with van der Waals surface area (Å²) in [7, 11) is 0. The molecule has 3 rings (SSSR count). The SMILES string of the molecule is C=C(O)c1ccc(C(C)(C(=O)CCC)c2c(C)nc(C(=C)c3ccc(Cl)cc3C)nc2N)nc1.CC.CCC. The van der Waals surface area contributed by atoms with Gasteiger partial charge in [0.25, 0.3) is 0 Å². The number of ketones is 1. The lowest BCUT2D eigenvalue weighted by molar-refractivity contribution is -0.122. The molecule has 0 spiro atoms. The van der Waals surface area contributed by atoms with Crippen molar-refractivity contribution in [2.45, 2.75) is 80.1 Å². The van der Waals surface area contributed by atoms with Crippen LogP contribution in [-0.2, 0) is 10.2 Å². The van der Waals surface area contributed by atoms with E-state index in [0.29, 0.717) is 51.8 Å². The second-order valence-electron chi connectivity index (χ2n) is 9.21. The largest absolute Gasteiger partial charge is 0.508 e. The van der Waals surface area contributed by atoms with E-state index < -0.39 is 5.41 Å². The van der Waals surface area contributed by atoms with Crippen LogP contribution in [0, 0.1) is 13.8 Å². The van der Waals surface area contributed by atoms with Crippen molar-refractivity contribution in [3.63, 3.8) is 0 Å². The van der Waals surface area contributed by atoms with E-state index in [2.05, 4.69) is 37.0 Å². The average molecular weight is 551 g/mol. The fraction of sp³-hybridized carbons (Fsp3) is 0.375. The molecule has 0 radical (unpaired) electrons. The number of hydrogen-bond acceptors (Lipinski definition) is 6. The Balaban J connectivity index is 0.00000142. The fourth-order valence-corrected chi connectivity index (χ4v) is 4.41. The summed E-state index contributed by atoms with van der Waals surface area (Å²) in [5.41, 5.74) is 9.78. The molecule has 39 heavy (non-hydrogen) atoms. The number of carbonyl (C=O) groups excluding carboxylic acids is 1. The van der Waals surface area contributed by atoms with Crippen LogP contribution in [0.1, 0.15) is 100 Å². The highest BCUT2D eigenvalue weighted by atomic mass is 35.5. The van der Waals surface area contributed by atoms with Crippen LogP contribution in [0.5, 0.6) is 0 Å². The number of aliphatic hydroxyl groups is 1. The number of nitrogens with zero attached hydrogens (tertiary/aromatic N) is 3. The number of hydrogen-bond donors (Lipinski definition) is 2. The van der Waals surface area contributed by atoms with Crippen LogP contribution in [-0.4, -0.2) is 25.8 Å². The van der Waals surface area contributed by atoms with E-state index in [0.717, 1.165) is 11.1 Å². The molecular formula is C32H43ClN4O2. The van der Waals surface area contributed by atoms with Gasteiger partial charge in [-0.05, 0) is 62.6 Å². The van der Waals surface area contributed by atoms with Crippen molar-refractivity contribution < 1.29 is 9.90 Å². The summed E-state index contributed by atoms with van der Waals surface area (Å²) in [6, 6.07) is 8.89. The molecule has 3 aromatic rings. The van der Waals surface area contributed by atoms with E-state index in [4.69, 9.17) is 22.3 Å². The standard InChI is InChI=1S/C27H29ClN4O2.C3H8.C2H6/c1-7-8-23(34)27(6,22-12-9-19(14-30-22)18(5)33)24-17(4)31-26(32-25(24)29)16(3)21-11-10-20(28)13-15(21)2;1-3-2;1-2/h9-14,33H,3,5,7-8H2,1-2,4,6H3,(H2,29,31,32);3H2,1-2H3;1-2H3. The molecule has 0 saturated heterocycles. The summed E-state index contributed by atoms with van der Waals surface area (Å²) in [6.07, 6.45) is 3.75. The fourth-order valence-electron chi connectivity index (χ4n) is 4.18. The maximum absolute atomic E-state index is 13.5. The third-order valence-corrected chi connectivity index (χ3v) is 6.28. The highest BCUT2D eigenvalue weighted by Gasteiger charge is 2.41. The van der Waals surface area contributed by atoms with Crippen LogP contribution in [0.2, 0.25) is 5.02 Å². The third kappa shape index (κ3) is 7.76. The molecule has 0 amide bonds. The number of Topliss-reactive ketones (excluding diaryl/α,β-unsaturated/α-hetero) is 1. The van der Waals surface area contributed by atoms with Crippen molar-refractivity contribution in [3.8, 4) is 0 Å². The topological polar surface area (TPSA) is 102 Å². The van der Waals surface area contributed by atoms with E-state index in [-0.39, 0.29) is 17.4 Å². The predicted molar refractivity (Wildman–Crippen MR) is 165 cm³/mol. The van der Waals surface area contributed by atoms with E-state index >= 15 is 0 Å². The molecule has 1 atom stereocenters. The van der Waals surface area contributed by atoms with Gasteiger partial charge < -0.3 is 10.8 Å². The molecule has 2 heterocycles. The van der Waals surface area contributed by atoms with Gasteiger partial charge >= 0.3 is 0 Å². The molecule has 0 aliphatic rings. The molecule has 0 aliphatic carbocycles. The molecular weight excluding hydrogens is 508 g/mol. The maximum Gasteiger partial charge on any atom is 0.161 e. The van der Waals surface area contributed by atoms with Crippen LogP contribution >= 0.6 is 11.6 Å². The van der Waals surface area contributed by atoms with Crippen molar-refractivity contribution in [1.82, 2.24) is 15.0 Å². The van der Waals surface area contributed by atoms with E-state index in [1.54, 1.807) is 32.0 Å². The van der Waals surface area contributed by atoms with Crippen LogP contribution in [0.4, 0.5) is 5.82 Å². The number of aromatic nitrogens is 3. The number of halogens is 1. The third-order valence-electron chi connectivity index (χ3n) is 6.05. The molecule has 1 unspecified atom stereocenters. The molecule has 0 bridgehead atoms. The summed E-state index contributed by atoms with van der Waals surface area (Å²) in [5.74, 6) is 0.436. The number of benzene rings is 1. The molecule has 6 nitrogen and oxygen atoms in total. The molecule has 7 heteroatoms. The minimum atomic E-state index is -1.17. The molecule has 210 valence electrons. The van der Waals surface area contributed by atoms with Gasteiger partial charge in [0.1, 0.15) is 17.4 Å². The van der Waals surface area contributed by atoms with Crippen LogP contribution in [0.3, 0.4) is 0 Å². The quantitative estimate of drug-likeness (QED) is 0.273. The monoisotopic (exact) mass is 550 g/mol. The van der Waals surface area contributed by atoms with Gasteiger partial charge in [-0.3, -0.25) is 9.78 Å². The van der Waals surface area contributed by atoms with Gasteiger partial charge in [-0.1, -0.05) is 71.9 Å². The van der Waals surface area contributed by atoms with Crippen molar-refractivity contribution in [3.05, 3.63) is 94.2 Å². The van der Waals surface area contributed by atoms with Gasteiger partial charge in [0, 0.05) is 40.0 Å². The number of carbonyl (C=O) groups is 1.